The zero-order valence-electron chi connectivity index (χ0n) is 9.52. The third kappa shape index (κ3) is 3.12. The van der Waals surface area contributed by atoms with Crippen LogP contribution in [0.2, 0.25) is 0 Å². The van der Waals surface area contributed by atoms with Crippen LogP contribution in [0.3, 0.4) is 0 Å². The van der Waals surface area contributed by atoms with Gasteiger partial charge in [0.05, 0.1) is 5.75 Å². The second-order valence-electron chi connectivity index (χ2n) is 4.11. The number of carbonyl (C=O) groups is 1. The molecule has 0 bridgehead atoms. The molecule has 0 unspecified atom stereocenters. The van der Waals surface area contributed by atoms with E-state index in [1.165, 1.54) is 0 Å². The van der Waals surface area contributed by atoms with Crippen LogP contribution in [-0.2, 0) is 11.8 Å². The van der Waals surface area contributed by atoms with Crippen LogP contribution in [-0.4, -0.2) is 34.6 Å². The number of nitrogens with zero attached hydrogens (tertiary/aromatic N) is 1. The predicted molar refractivity (Wildman–Crippen MR) is 66.0 cm³/mol. The molecule has 1 saturated heterocycles. The van der Waals surface area contributed by atoms with E-state index in [2.05, 4.69) is 0 Å². The van der Waals surface area contributed by atoms with Crippen molar-refractivity contribution in [2.45, 2.75) is 18.1 Å². The monoisotopic (exact) mass is 239 g/mol. The van der Waals surface area contributed by atoms with Crippen molar-refractivity contribution in [2.24, 2.45) is 7.05 Å². The number of Topliss-reactive ketones (excluding diaryl/α,β-unsaturated/α-hetero) is 1. The molecular weight excluding hydrogens is 222 g/mol. The molecular formula is C12H17NO2S. The number of aryl methyl sites for hydroxylation is 1. The molecule has 0 radical (unpaired) electrons. The highest BCUT2D eigenvalue weighted by Crippen LogP contribution is 2.22. The van der Waals surface area contributed by atoms with Crippen LogP contribution in [0.25, 0.3) is 0 Å². The second kappa shape index (κ2) is 5.55. The molecule has 2 rings (SSSR count). The van der Waals surface area contributed by atoms with E-state index in [1.807, 2.05) is 30.1 Å². The lowest BCUT2D eigenvalue weighted by Crippen LogP contribution is -2.19. The molecule has 16 heavy (non-hydrogen) atoms. The van der Waals surface area contributed by atoms with Gasteiger partial charge in [-0.3, -0.25) is 4.79 Å². The summed E-state index contributed by atoms with van der Waals surface area (Å²) in [6.07, 6.45) is 5.94. The molecule has 1 aliphatic heterocycles. The maximum Gasteiger partial charge on any atom is 0.174 e. The van der Waals surface area contributed by atoms with Crippen molar-refractivity contribution in [1.82, 2.24) is 4.57 Å². The molecule has 0 spiro atoms. The molecule has 1 aromatic heterocycles. The van der Waals surface area contributed by atoms with E-state index in [0.29, 0.717) is 11.0 Å². The summed E-state index contributed by atoms with van der Waals surface area (Å²) < 4.78 is 7.20. The summed E-state index contributed by atoms with van der Waals surface area (Å²) in [7, 11) is 1.93. The summed E-state index contributed by atoms with van der Waals surface area (Å²) in [5.74, 6) is 0.825. The molecule has 3 nitrogen and oxygen atoms in total. The fraction of sp³-hybridized carbons (Fsp3) is 0.583. The standard InChI is InChI=1S/C12H17NO2S/c1-13-5-2-10(8-13)12(14)9-16-11-3-6-15-7-4-11/h2,5,8,11H,3-4,6-7,9H2,1H3. The third-order valence-corrected chi connectivity index (χ3v) is 4.14. The molecule has 0 saturated carbocycles. The summed E-state index contributed by atoms with van der Waals surface area (Å²) in [6, 6.07) is 1.88. The SMILES string of the molecule is Cn1ccc(C(=O)CSC2CCOCC2)c1. The van der Waals surface area contributed by atoms with Crippen LogP contribution in [0.1, 0.15) is 23.2 Å². The minimum atomic E-state index is 0.233. The van der Waals surface area contributed by atoms with E-state index in [0.717, 1.165) is 31.6 Å². The number of rotatable bonds is 4. The van der Waals surface area contributed by atoms with Gasteiger partial charge in [-0.1, -0.05) is 0 Å². The Balaban J connectivity index is 1.79. The largest absolute Gasteiger partial charge is 0.381 e. The Morgan fingerprint density at radius 3 is 2.94 bits per heavy atom. The lowest BCUT2D eigenvalue weighted by atomic mass is 10.2. The molecule has 1 fully saturated rings. The van der Waals surface area contributed by atoms with Gasteiger partial charge in [-0.2, -0.15) is 11.8 Å². The van der Waals surface area contributed by atoms with Crippen molar-refractivity contribution in [1.29, 1.82) is 0 Å². The van der Waals surface area contributed by atoms with E-state index in [9.17, 15) is 4.79 Å². The zero-order chi connectivity index (χ0) is 11.4. The minimum absolute atomic E-state index is 0.233. The van der Waals surface area contributed by atoms with Gasteiger partial charge >= 0.3 is 0 Å². The van der Waals surface area contributed by atoms with Crippen LogP contribution in [0, 0.1) is 0 Å². The highest BCUT2D eigenvalue weighted by molar-refractivity contribution is 8.00. The first-order chi connectivity index (χ1) is 7.75. The van der Waals surface area contributed by atoms with Gasteiger partial charge in [0.25, 0.3) is 0 Å². The Morgan fingerprint density at radius 2 is 2.31 bits per heavy atom. The van der Waals surface area contributed by atoms with Crippen LogP contribution in [0.4, 0.5) is 0 Å². The van der Waals surface area contributed by atoms with Gasteiger partial charge in [-0.25, -0.2) is 0 Å². The molecule has 0 aliphatic carbocycles. The van der Waals surface area contributed by atoms with Crippen LogP contribution in [0.5, 0.6) is 0 Å². The normalized spacial score (nSPS) is 17.6. The lowest BCUT2D eigenvalue weighted by Gasteiger charge is -2.20. The number of aromatic nitrogens is 1. The molecule has 1 aliphatic rings. The smallest absolute Gasteiger partial charge is 0.174 e. The van der Waals surface area contributed by atoms with Crippen molar-refractivity contribution >= 4 is 17.5 Å². The summed E-state index contributed by atoms with van der Waals surface area (Å²) >= 11 is 1.77. The van der Waals surface area contributed by atoms with E-state index < -0.39 is 0 Å². The lowest BCUT2D eigenvalue weighted by molar-refractivity contribution is 0.0988. The molecule has 0 N–H and O–H groups in total. The highest BCUT2D eigenvalue weighted by atomic mass is 32.2. The van der Waals surface area contributed by atoms with Gasteiger partial charge in [0.15, 0.2) is 5.78 Å². The van der Waals surface area contributed by atoms with Crippen LogP contribution < -0.4 is 0 Å². The zero-order valence-corrected chi connectivity index (χ0v) is 10.3. The maximum atomic E-state index is 11.8. The highest BCUT2D eigenvalue weighted by Gasteiger charge is 2.16. The van der Waals surface area contributed by atoms with Gasteiger partial charge in [-0.05, 0) is 18.9 Å². The fourth-order valence-corrected chi connectivity index (χ4v) is 2.87. The maximum absolute atomic E-state index is 11.8. The van der Waals surface area contributed by atoms with Gasteiger partial charge in [-0.15, -0.1) is 0 Å². The average Bonchev–Trinajstić information content (AvgIpc) is 2.74. The number of thioether (sulfide) groups is 1. The van der Waals surface area contributed by atoms with Crippen molar-refractivity contribution in [3.05, 3.63) is 24.0 Å². The van der Waals surface area contributed by atoms with Gasteiger partial charge in [0.2, 0.25) is 0 Å². The van der Waals surface area contributed by atoms with Crippen molar-refractivity contribution in [2.75, 3.05) is 19.0 Å². The summed E-state index contributed by atoms with van der Waals surface area (Å²) in [6.45, 7) is 1.69. The summed E-state index contributed by atoms with van der Waals surface area (Å²) in [5.41, 5.74) is 0.821. The molecule has 1 aromatic rings. The minimum Gasteiger partial charge on any atom is -0.381 e. The van der Waals surface area contributed by atoms with E-state index in [1.54, 1.807) is 11.8 Å². The van der Waals surface area contributed by atoms with Crippen molar-refractivity contribution < 1.29 is 9.53 Å². The van der Waals surface area contributed by atoms with Gasteiger partial charge in [0.1, 0.15) is 0 Å². The molecule has 2 heterocycles. The van der Waals surface area contributed by atoms with Crippen molar-refractivity contribution in [3.8, 4) is 0 Å². The van der Waals surface area contributed by atoms with Crippen molar-refractivity contribution in [3.63, 3.8) is 0 Å². The molecule has 4 heteroatoms. The quantitative estimate of drug-likeness (QED) is 0.754. The number of hydrogen-bond acceptors (Lipinski definition) is 3. The van der Waals surface area contributed by atoms with Crippen LogP contribution >= 0.6 is 11.8 Å². The Labute approximate surface area is 100 Å². The number of hydrogen-bond donors (Lipinski definition) is 0. The topological polar surface area (TPSA) is 31.2 Å². The Hall–Kier alpha value is -0.740. The van der Waals surface area contributed by atoms with Gasteiger partial charge in [0, 0.05) is 43.5 Å². The third-order valence-electron chi connectivity index (χ3n) is 2.77. The summed E-state index contributed by atoms with van der Waals surface area (Å²) in [4.78, 5) is 11.8. The van der Waals surface area contributed by atoms with E-state index in [-0.39, 0.29) is 5.78 Å². The fourth-order valence-electron chi connectivity index (χ4n) is 1.79. The summed E-state index contributed by atoms with van der Waals surface area (Å²) in [5, 5.41) is 0.599. The first kappa shape index (κ1) is 11.7. The number of ketones is 1. The van der Waals surface area contributed by atoms with Gasteiger partial charge < -0.3 is 9.30 Å². The predicted octanol–water partition coefficient (Wildman–Crippen LogP) is 2.12. The first-order valence-electron chi connectivity index (χ1n) is 5.60. The molecule has 88 valence electrons. The van der Waals surface area contributed by atoms with Crippen LogP contribution in [0.15, 0.2) is 18.5 Å². The molecule has 0 atom stereocenters. The van der Waals surface area contributed by atoms with E-state index in [4.69, 9.17) is 4.74 Å². The Kier molecular flexibility index (Phi) is 4.07. The second-order valence-corrected chi connectivity index (χ2v) is 5.40. The number of ether oxygens (including phenoxy) is 1. The van der Waals surface area contributed by atoms with E-state index >= 15 is 0 Å². The molecule has 0 amide bonds. The average molecular weight is 239 g/mol. The Bertz CT molecular complexity index is 356. The first-order valence-corrected chi connectivity index (χ1v) is 6.65. The molecule has 0 aromatic carbocycles. The Morgan fingerprint density at radius 1 is 1.56 bits per heavy atom. The number of carbonyl (C=O) groups excluding carboxylic acids is 1.